The zero-order valence-electron chi connectivity index (χ0n) is 11.6. The van der Waals surface area contributed by atoms with Gasteiger partial charge >= 0.3 is 0 Å². The third-order valence-corrected chi connectivity index (χ3v) is 4.30. The highest BCUT2D eigenvalue weighted by Crippen LogP contribution is 2.40. The minimum atomic E-state index is -1.18. The summed E-state index contributed by atoms with van der Waals surface area (Å²) in [5, 5.41) is 10.2. The lowest BCUT2D eigenvalue weighted by molar-refractivity contribution is 0.191. The number of nitrogens with zero attached hydrogens (tertiary/aromatic N) is 3. The van der Waals surface area contributed by atoms with Crippen LogP contribution in [0.1, 0.15) is 11.1 Å². The largest absolute Gasteiger partial charge is 0.495 e. The molecule has 9 heteroatoms. The van der Waals surface area contributed by atoms with Crippen molar-refractivity contribution >= 4 is 33.2 Å². The number of nitrogen functional groups attached to an aromatic ring is 2. The Hall–Kier alpha value is -2.49. The molecule has 3 rings (SSSR count). The van der Waals surface area contributed by atoms with Crippen LogP contribution in [-0.4, -0.2) is 27.2 Å². The number of rotatable bonds is 3. The van der Waals surface area contributed by atoms with Crippen molar-refractivity contribution in [3.05, 3.63) is 23.3 Å². The van der Waals surface area contributed by atoms with Gasteiger partial charge in [0.25, 0.3) is 0 Å². The molecule has 3 heterocycles. The van der Waals surface area contributed by atoms with Crippen LogP contribution in [0.3, 0.4) is 0 Å². The summed E-state index contributed by atoms with van der Waals surface area (Å²) in [6.45, 7) is 0. The van der Waals surface area contributed by atoms with Gasteiger partial charge in [-0.3, -0.25) is 4.98 Å². The number of hydrogen-bond acceptors (Lipinski definition) is 9. The number of methoxy groups -OCH3 is 1. The quantitative estimate of drug-likeness (QED) is 0.520. The first kappa shape index (κ1) is 14.4. The van der Waals surface area contributed by atoms with Crippen molar-refractivity contribution in [1.29, 1.82) is 0 Å². The fraction of sp³-hybridized carbons (Fsp3) is 0.154. The molecule has 7 N–H and O–H groups in total. The molecule has 114 valence electrons. The summed E-state index contributed by atoms with van der Waals surface area (Å²) in [5.74, 6) is 0.681. The summed E-state index contributed by atoms with van der Waals surface area (Å²) in [4.78, 5) is 13.5. The molecule has 1 unspecified atom stereocenters. The molecule has 0 aliphatic rings. The first-order chi connectivity index (χ1) is 10.5. The van der Waals surface area contributed by atoms with E-state index in [9.17, 15) is 5.11 Å². The molecule has 0 amide bonds. The number of thiophene rings is 1. The molecular weight excluding hydrogens is 304 g/mol. The van der Waals surface area contributed by atoms with Crippen LogP contribution >= 0.6 is 11.3 Å². The molecular formula is C13H14N6O2S. The average molecular weight is 318 g/mol. The molecule has 0 aliphatic carbocycles. The third kappa shape index (κ3) is 2.30. The number of aromatic nitrogens is 3. The van der Waals surface area contributed by atoms with Crippen molar-refractivity contribution in [3.63, 3.8) is 0 Å². The Bertz CT molecular complexity index is 848. The number of aliphatic hydroxyl groups is 1. The second kappa shape index (κ2) is 5.37. The second-order valence-corrected chi connectivity index (χ2v) is 5.58. The molecule has 0 aliphatic heterocycles. The monoisotopic (exact) mass is 318 g/mol. The van der Waals surface area contributed by atoms with Gasteiger partial charge in [0.2, 0.25) is 5.95 Å². The van der Waals surface area contributed by atoms with Gasteiger partial charge in [0.1, 0.15) is 16.8 Å². The lowest BCUT2D eigenvalue weighted by atomic mass is 10.1. The maximum absolute atomic E-state index is 9.61. The summed E-state index contributed by atoms with van der Waals surface area (Å²) in [6.07, 6.45) is 2.02. The summed E-state index contributed by atoms with van der Waals surface area (Å²) >= 11 is 1.18. The van der Waals surface area contributed by atoms with Crippen molar-refractivity contribution in [3.8, 4) is 17.0 Å². The van der Waals surface area contributed by atoms with E-state index in [0.29, 0.717) is 37.8 Å². The van der Waals surface area contributed by atoms with E-state index < -0.39 is 6.23 Å². The van der Waals surface area contributed by atoms with E-state index in [1.807, 2.05) is 0 Å². The predicted octanol–water partition coefficient (Wildman–Crippen LogP) is 0.876. The van der Waals surface area contributed by atoms with Gasteiger partial charge in [-0.1, -0.05) is 0 Å². The van der Waals surface area contributed by atoms with Crippen molar-refractivity contribution in [2.24, 2.45) is 5.73 Å². The summed E-state index contributed by atoms with van der Waals surface area (Å²) in [6, 6.07) is 1.77. The number of hydrogen-bond donors (Lipinski definition) is 4. The minimum Gasteiger partial charge on any atom is -0.495 e. The molecule has 0 radical (unpaired) electrons. The first-order valence-corrected chi connectivity index (χ1v) is 7.11. The molecule has 0 aromatic carbocycles. The van der Waals surface area contributed by atoms with Crippen LogP contribution in [0.15, 0.2) is 18.5 Å². The second-order valence-electron chi connectivity index (χ2n) is 4.55. The fourth-order valence-electron chi connectivity index (χ4n) is 2.14. The van der Waals surface area contributed by atoms with Crippen LogP contribution in [0.25, 0.3) is 21.5 Å². The van der Waals surface area contributed by atoms with Crippen molar-refractivity contribution in [2.75, 3.05) is 18.6 Å². The lowest BCUT2D eigenvalue weighted by Crippen LogP contribution is -2.08. The Morgan fingerprint density at radius 3 is 2.73 bits per heavy atom. The van der Waals surface area contributed by atoms with Gasteiger partial charge < -0.3 is 27.0 Å². The summed E-state index contributed by atoms with van der Waals surface area (Å²) in [5.41, 5.74) is 18.9. The van der Waals surface area contributed by atoms with E-state index in [1.165, 1.54) is 11.3 Å². The van der Waals surface area contributed by atoms with Gasteiger partial charge in [0.05, 0.1) is 35.0 Å². The summed E-state index contributed by atoms with van der Waals surface area (Å²) in [7, 11) is 1.55. The van der Waals surface area contributed by atoms with Gasteiger partial charge in [-0.25, -0.2) is 9.97 Å². The topological polar surface area (TPSA) is 146 Å². The van der Waals surface area contributed by atoms with Gasteiger partial charge in [-0.2, -0.15) is 0 Å². The number of fused-ring (bicyclic) bond motifs is 1. The van der Waals surface area contributed by atoms with Crippen molar-refractivity contribution in [2.45, 2.75) is 6.23 Å². The lowest BCUT2D eigenvalue weighted by Gasteiger charge is -2.07. The fourth-order valence-corrected chi connectivity index (χ4v) is 3.13. The molecule has 1 atom stereocenters. The SMILES string of the molecule is COc1cncc(-c2nc(N)nc3sc(C(N)O)c(N)c23)c1. The van der Waals surface area contributed by atoms with Crippen LogP contribution in [0.4, 0.5) is 11.6 Å². The predicted molar refractivity (Wildman–Crippen MR) is 85.2 cm³/mol. The summed E-state index contributed by atoms with van der Waals surface area (Å²) < 4.78 is 5.17. The number of anilines is 2. The molecule has 8 nitrogen and oxygen atoms in total. The van der Waals surface area contributed by atoms with Crippen LogP contribution in [0.5, 0.6) is 5.75 Å². The van der Waals surface area contributed by atoms with E-state index in [-0.39, 0.29) is 5.95 Å². The smallest absolute Gasteiger partial charge is 0.221 e. The Kier molecular flexibility index (Phi) is 3.53. The number of pyridine rings is 1. The first-order valence-electron chi connectivity index (χ1n) is 6.29. The van der Waals surface area contributed by atoms with Crippen LogP contribution in [0, 0.1) is 0 Å². The average Bonchev–Trinajstić information content (AvgIpc) is 2.83. The van der Waals surface area contributed by atoms with Crippen molar-refractivity contribution < 1.29 is 9.84 Å². The van der Waals surface area contributed by atoms with Gasteiger partial charge in [-0.05, 0) is 6.07 Å². The third-order valence-electron chi connectivity index (χ3n) is 3.13. The van der Waals surface area contributed by atoms with E-state index in [1.54, 1.807) is 25.6 Å². The van der Waals surface area contributed by atoms with Gasteiger partial charge in [0.15, 0.2) is 0 Å². The van der Waals surface area contributed by atoms with Crippen LogP contribution in [-0.2, 0) is 0 Å². The van der Waals surface area contributed by atoms with Gasteiger partial charge in [0, 0.05) is 11.8 Å². The Balaban J connectivity index is 2.32. The Morgan fingerprint density at radius 2 is 2.05 bits per heavy atom. The zero-order chi connectivity index (χ0) is 15.9. The molecule has 22 heavy (non-hydrogen) atoms. The highest BCUT2D eigenvalue weighted by atomic mass is 32.1. The van der Waals surface area contributed by atoms with E-state index >= 15 is 0 Å². The minimum absolute atomic E-state index is 0.102. The maximum atomic E-state index is 9.61. The highest BCUT2D eigenvalue weighted by Gasteiger charge is 2.20. The Labute approximate surface area is 129 Å². The molecule has 0 bridgehead atoms. The number of aliphatic hydroxyl groups excluding tert-OH is 1. The van der Waals surface area contributed by atoms with E-state index in [4.69, 9.17) is 21.9 Å². The van der Waals surface area contributed by atoms with Crippen molar-refractivity contribution in [1.82, 2.24) is 15.0 Å². The van der Waals surface area contributed by atoms with E-state index in [2.05, 4.69) is 15.0 Å². The molecule has 0 fully saturated rings. The van der Waals surface area contributed by atoms with Gasteiger partial charge in [-0.15, -0.1) is 11.3 Å². The van der Waals surface area contributed by atoms with E-state index in [0.717, 1.165) is 0 Å². The molecule has 0 spiro atoms. The highest BCUT2D eigenvalue weighted by molar-refractivity contribution is 7.19. The normalized spacial score (nSPS) is 12.5. The molecule has 0 saturated heterocycles. The molecule has 3 aromatic rings. The molecule has 0 saturated carbocycles. The maximum Gasteiger partial charge on any atom is 0.221 e. The zero-order valence-corrected chi connectivity index (χ0v) is 12.5. The number of ether oxygens (including phenoxy) is 1. The van der Waals surface area contributed by atoms with Crippen LogP contribution in [0.2, 0.25) is 0 Å². The number of nitrogens with two attached hydrogens (primary N) is 3. The molecule has 3 aromatic heterocycles. The van der Waals surface area contributed by atoms with Crippen LogP contribution < -0.4 is 21.9 Å². The standard InChI is InChI=1S/C13H14N6O2S/c1-21-6-2-5(3-17-4-6)9-7-8(14)10(11(15)20)22-12(7)19-13(16)18-9/h2-4,11,20H,14-15H2,1H3,(H2,16,18,19). The Morgan fingerprint density at radius 1 is 1.27 bits per heavy atom.